The molecule has 3 nitrogen and oxygen atoms in total. The molecule has 0 saturated carbocycles. The van der Waals surface area contributed by atoms with Crippen molar-refractivity contribution in [3.8, 4) is 5.75 Å². The lowest BCUT2D eigenvalue weighted by molar-refractivity contribution is -0.0519. The third kappa shape index (κ3) is 3.07. The molecule has 3 rings (SSSR count). The van der Waals surface area contributed by atoms with Crippen LogP contribution in [0.1, 0.15) is 5.56 Å². The fourth-order valence-corrected chi connectivity index (χ4v) is 1.82. The molecule has 0 aliphatic carbocycles. The molecule has 0 bridgehead atoms. The first-order valence-corrected chi connectivity index (χ1v) is 6.10. The van der Waals surface area contributed by atoms with Crippen LogP contribution in [-0.2, 0) is 15.9 Å². The maximum absolute atomic E-state index is 5.58. The van der Waals surface area contributed by atoms with Gasteiger partial charge in [-0.1, -0.05) is 42.5 Å². The summed E-state index contributed by atoms with van der Waals surface area (Å²) in [5.41, 5.74) is 1.16. The van der Waals surface area contributed by atoms with Gasteiger partial charge in [0, 0.05) is 6.42 Å². The number of hydrogen-bond donors (Lipinski definition) is 0. The summed E-state index contributed by atoms with van der Waals surface area (Å²) in [7, 11) is 0. The molecule has 1 atom stereocenters. The SMILES string of the molecule is [c]1ccc(OC2=COC(Cc3ccccc3)O2)cc1. The van der Waals surface area contributed by atoms with Crippen LogP contribution in [-0.4, -0.2) is 6.29 Å². The first-order chi connectivity index (χ1) is 9.40. The van der Waals surface area contributed by atoms with Gasteiger partial charge >= 0.3 is 5.95 Å². The smallest absolute Gasteiger partial charge is 0.324 e. The summed E-state index contributed by atoms with van der Waals surface area (Å²) in [6.07, 6.45) is 1.87. The standard InChI is InChI=1S/C16H13O3/c1-3-7-13(8-4-1)11-15-17-12-16(19-15)18-14-9-5-2-6-10-14/h1,3-10,12,15H,11H2. The molecule has 0 aromatic heterocycles. The number of benzene rings is 2. The number of hydrogen-bond acceptors (Lipinski definition) is 3. The second-order valence-corrected chi connectivity index (χ2v) is 4.15. The van der Waals surface area contributed by atoms with Gasteiger partial charge in [0.05, 0.1) is 0 Å². The lowest BCUT2D eigenvalue weighted by Crippen LogP contribution is -2.13. The van der Waals surface area contributed by atoms with E-state index in [9.17, 15) is 0 Å². The van der Waals surface area contributed by atoms with Gasteiger partial charge in [-0.3, -0.25) is 0 Å². The van der Waals surface area contributed by atoms with E-state index in [0.29, 0.717) is 18.1 Å². The molecule has 1 aliphatic rings. The van der Waals surface area contributed by atoms with E-state index in [-0.39, 0.29) is 6.29 Å². The predicted molar refractivity (Wildman–Crippen MR) is 70.1 cm³/mol. The molecule has 19 heavy (non-hydrogen) atoms. The summed E-state index contributed by atoms with van der Waals surface area (Å²) in [6, 6.07) is 20.2. The molecular weight excluding hydrogens is 240 g/mol. The van der Waals surface area contributed by atoms with E-state index in [2.05, 4.69) is 6.07 Å². The van der Waals surface area contributed by atoms with E-state index in [1.807, 2.05) is 42.5 Å². The average Bonchev–Trinajstić information content (AvgIpc) is 2.88. The fourth-order valence-electron chi connectivity index (χ4n) is 1.82. The first kappa shape index (κ1) is 11.7. The zero-order valence-electron chi connectivity index (χ0n) is 10.3. The van der Waals surface area contributed by atoms with E-state index < -0.39 is 0 Å². The molecule has 2 aromatic rings. The van der Waals surface area contributed by atoms with Gasteiger partial charge < -0.3 is 14.2 Å². The van der Waals surface area contributed by atoms with Crippen LogP contribution in [0.25, 0.3) is 0 Å². The Labute approximate surface area is 112 Å². The van der Waals surface area contributed by atoms with Gasteiger partial charge in [-0.15, -0.1) is 0 Å². The second kappa shape index (κ2) is 5.48. The van der Waals surface area contributed by atoms with Crippen molar-refractivity contribution in [3.05, 3.63) is 78.4 Å². The quantitative estimate of drug-likeness (QED) is 0.837. The van der Waals surface area contributed by atoms with Gasteiger partial charge in [0.1, 0.15) is 5.75 Å². The Balaban J connectivity index is 1.55. The van der Waals surface area contributed by atoms with Crippen molar-refractivity contribution < 1.29 is 14.2 Å². The molecule has 1 heterocycles. The van der Waals surface area contributed by atoms with E-state index >= 15 is 0 Å². The molecule has 0 N–H and O–H groups in total. The third-order valence-corrected chi connectivity index (χ3v) is 2.71. The minimum atomic E-state index is -0.326. The molecule has 0 fully saturated rings. The normalized spacial score (nSPS) is 17.3. The van der Waals surface area contributed by atoms with Gasteiger partial charge in [0.2, 0.25) is 6.29 Å². The third-order valence-electron chi connectivity index (χ3n) is 2.71. The molecule has 3 heteroatoms. The van der Waals surface area contributed by atoms with Crippen LogP contribution < -0.4 is 4.74 Å². The van der Waals surface area contributed by atoms with Crippen molar-refractivity contribution in [2.24, 2.45) is 0 Å². The Morgan fingerprint density at radius 1 is 1.05 bits per heavy atom. The van der Waals surface area contributed by atoms with Crippen molar-refractivity contribution >= 4 is 0 Å². The van der Waals surface area contributed by atoms with Crippen LogP contribution in [0.2, 0.25) is 0 Å². The summed E-state index contributed by atoms with van der Waals surface area (Å²) in [6.45, 7) is 0. The van der Waals surface area contributed by atoms with Gasteiger partial charge in [0.25, 0.3) is 0 Å². The highest BCUT2D eigenvalue weighted by atomic mass is 16.8. The molecule has 0 spiro atoms. The number of ether oxygens (including phenoxy) is 3. The Morgan fingerprint density at radius 3 is 2.63 bits per heavy atom. The zero-order valence-corrected chi connectivity index (χ0v) is 10.3. The largest absolute Gasteiger partial charge is 0.455 e. The molecule has 2 aromatic carbocycles. The summed E-state index contributed by atoms with van der Waals surface area (Å²) < 4.78 is 16.5. The van der Waals surface area contributed by atoms with Crippen LogP contribution in [0.5, 0.6) is 5.75 Å². The minimum Gasteiger partial charge on any atom is -0.455 e. The summed E-state index contributed by atoms with van der Waals surface area (Å²) in [5.74, 6) is 1.08. The number of rotatable bonds is 4. The van der Waals surface area contributed by atoms with Gasteiger partial charge in [0.15, 0.2) is 6.26 Å². The maximum atomic E-state index is 5.58. The maximum Gasteiger partial charge on any atom is 0.324 e. The topological polar surface area (TPSA) is 27.7 Å². The zero-order chi connectivity index (χ0) is 12.9. The van der Waals surface area contributed by atoms with E-state index in [1.165, 1.54) is 6.26 Å². The predicted octanol–water partition coefficient (Wildman–Crippen LogP) is 3.28. The van der Waals surface area contributed by atoms with Gasteiger partial charge in [-0.25, -0.2) is 0 Å². The highest BCUT2D eigenvalue weighted by Gasteiger charge is 2.21. The Hall–Kier alpha value is -2.42. The van der Waals surface area contributed by atoms with E-state index in [1.54, 1.807) is 12.1 Å². The lowest BCUT2D eigenvalue weighted by Gasteiger charge is -2.11. The molecule has 1 aliphatic heterocycles. The lowest BCUT2D eigenvalue weighted by atomic mass is 10.1. The monoisotopic (exact) mass is 253 g/mol. The van der Waals surface area contributed by atoms with Crippen molar-refractivity contribution in [2.45, 2.75) is 12.7 Å². The Kier molecular flexibility index (Phi) is 3.36. The van der Waals surface area contributed by atoms with Crippen LogP contribution in [0.15, 0.2) is 66.8 Å². The van der Waals surface area contributed by atoms with E-state index in [0.717, 1.165) is 5.56 Å². The van der Waals surface area contributed by atoms with Crippen molar-refractivity contribution in [3.63, 3.8) is 0 Å². The van der Waals surface area contributed by atoms with Crippen LogP contribution in [0.3, 0.4) is 0 Å². The van der Waals surface area contributed by atoms with Gasteiger partial charge in [-0.2, -0.15) is 0 Å². The molecule has 0 saturated heterocycles. The molecule has 0 amide bonds. The van der Waals surface area contributed by atoms with Crippen LogP contribution in [0.4, 0.5) is 0 Å². The summed E-state index contributed by atoms with van der Waals surface area (Å²) in [5, 5.41) is 0. The van der Waals surface area contributed by atoms with Gasteiger partial charge in [-0.05, 0) is 23.8 Å². The highest BCUT2D eigenvalue weighted by molar-refractivity contribution is 5.22. The molecule has 1 radical (unpaired) electrons. The second-order valence-electron chi connectivity index (χ2n) is 4.15. The van der Waals surface area contributed by atoms with Crippen LogP contribution >= 0.6 is 0 Å². The highest BCUT2D eigenvalue weighted by Crippen LogP contribution is 2.21. The summed E-state index contributed by atoms with van der Waals surface area (Å²) >= 11 is 0. The fraction of sp³-hybridized carbons (Fsp3) is 0.125. The average molecular weight is 253 g/mol. The van der Waals surface area contributed by atoms with Crippen molar-refractivity contribution in [1.29, 1.82) is 0 Å². The first-order valence-electron chi connectivity index (χ1n) is 6.10. The molecular formula is C16H13O3. The van der Waals surface area contributed by atoms with Crippen molar-refractivity contribution in [2.75, 3.05) is 0 Å². The molecule has 1 unspecified atom stereocenters. The summed E-state index contributed by atoms with van der Waals surface area (Å²) in [4.78, 5) is 0. The Bertz CT molecular complexity index is 549. The molecule has 95 valence electrons. The van der Waals surface area contributed by atoms with Crippen LogP contribution in [0, 0.1) is 6.07 Å². The van der Waals surface area contributed by atoms with Crippen molar-refractivity contribution in [1.82, 2.24) is 0 Å². The van der Waals surface area contributed by atoms with E-state index in [4.69, 9.17) is 14.2 Å². The minimum absolute atomic E-state index is 0.326. The Morgan fingerprint density at radius 2 is 1.84 bits per heavy atom.